The van der Waals surface area contributed by atoms with E-state index in [9.17, 15) is 14.7 Å². The number of pyridine rings is 2. The Bertz CT molecular complexity index is 1880. The molecule has 11 nitrogen and oxygen atoms in total. The van der Waals surface area contributed by atoms with Gasteiger partial charge in [0.05, 0.1) is 49.0 Å². The zero-order valence-corrected chi connectivity index (χ0v) is 24.9. The zero-order chi connectivity index (χ0) is 31.4. The number of benzene rings is 3. The Morgan fingerprint density at radius 2 is 1.70 bits per heavy atom. The van der Waals surface area contributed by atoms with Crippen LogP contribution < -0.4 is 31.2 Å². The number of hydrogen-bond acceptors (Lipinski definition) is 9. The normalized spacial score (nSPS) is 11.7. The molecule has 0 saturated carbocycles. The third kappa shape index (κ3) is 6.04. The first-order chi connectivity index (χ1) is 21.3. The number of ether oxygens (including phenoxy) is 2. The highest BCUT2D eigenvalue weighted by molar-refractivity contribution is 6.10. The van der Waals surface area contributed by atoms with Crippen molar-refractivity contribution in [1.29, 1.82) is 0 Å². The highest BCUT2D eigenvalue weighted by Gasteiger charge is 2.21. The number of anilines is 4. The number of fused-ring (bicyclic) bond motifs is 2. The number of carbonyl (C=O) groups excluding carboxylic acids is 2. The monoisotopic (exact) mass is 594 g/mol. The van der Waals surface area contributed by atoms with Crippen LogP contribution in [0, 0.1) is 0 Å². The molecule has 2 aromatic heterocycles. The summed E-state index contributed by atoms with van der Waals surface area (Å²) in [6.45, 7) is 3.19. The minimum atomic E-state index is -0.898. The van der Waals surface area contributed by atoms with Gasteiger partial charge in [-0.25, -0.2) is 9.97 Å². The molecule has 0 aliphatic heterocycles. The Kier molecular flexibility index (Phi) is 8.77. The first kappa shape index (κ1) is 30.1. The van der Waals surface area contributed by atoms with Gasteiger partial charge in [0.15, 0.2) is 0 Å². The van der Waals surface area contributed by atoms with E-state index in [0.29, 0.717) is 40.3 Å². The quantitative estimate of drug-likeness (QED) is 0.141. The van der Waals surface area contributed by atoms with E-state index < -0.39 is 17.9 Å². The summed E-state index contributed by atoms with van der Waals surface area (Å²) >= 11 is 0. The number of nitrogens with one attached hydrogen (secondary N) is 3. The largest absolute Gasteiger partial charge is 0.494 e. The molecule has 226 valence electrons. The standard InChI is InChI=1S/C33H34N6O5/c1-5-26-24(16-25(34)33(39-26)44-4)32(42)35-18(2)31(41)37-21-14-19(17-40)13-20(15-21)36-29-22-9-6-7-11-27(22)38-30-23(29)10-8-12-28(30)43-3/h6-16,18,40H,5,17,34H2,1-4H3,(H,35,42)(H,36,38)(H,37,41). The molecule has 0 fully saturated rings. The van der Waals surface area contributed by atoms with Crippen molar-refractivity contribution in [3.05, 3.63) is 83.6 Å². The lowest BCUT2D eigenvalue weighted by Gasteiger charge is -2.18. The highest BCUT2D eigenvalue weighted by Crippen LogP contribution is 2.37. The van der Waals surface area contributed by atoms with Crippen molar-refractivity contribution in [2.24, 2.45) is 0 Å². The van der Waals surface area contributed by atoms with Crippen LogP contribution in [0.25, 0.3) is 21.8 Å². The van der Waals surface area contributed by atoms with Gasteiger partial charge in [-0.05, 0) is 55.3 Å². The molecule has 1 unspecified atom stereocenters. The fourth-order valence-corrected chi connectivity index (χ4v) is 5.03. The maximum absolute atomic E-state index is 13.2. The Morgan fingerprint density at radius 1 is 0.955 bits per heavy atom. The number of nitrogens with two attached hydrogens (primary N) is 1. The van der Waals surface area contributed by atoms with Gasteiger partial charge in [-0.3, -0.25) is 9.59 Å². The van der Waals surface area contributed by atoms with Crippen LogP contribution in [0.4, 0.5) is 22.7 Å². The van der Waals surface area contributed by atoms with Gasteiger partial charge >= 0.3 is 0 Å². The molecule has 0 saturated heterocycles. The number of aromatic nitrogens is 2. The van der Waals surface area contributed by atoms with Crippen LogP contribution in [0.1, 0.15) is 35.5 Å². The van der Waals surface area contributed by atoms with Crippen molar-refractivity contribution < 1.29 is 24.2 Å². The Balaban J connectivity index is 1.41. The van der Waals surface area contributed by atoms with E-state index in [-0.39, 0.29) is 23.7 Å². The van der Waals surface area contributed by atoms with E-state index in [4.69, 9.17) is 20.2 Å². The highest BCUT2D eigenvalue weighted by atomic mass is 16.5. The summed E-state index contributed by atoms with van der Waals surface area (Å²) < 4.78 is 10.7. The van der Waals surface area contributed by atoms with Gasteiger partial charge in [-0.15, -0.1) is 0 Å². The average molecular weight is 595 g/mol. The molecule has 1 atom stereocenters. The number of aliphatic hydroxyl groups is 1. The van der Waals surface area contributed by atoms with Crippen LogP contribution in [0.15, 0.2) is 66.7 Å². The molecule has 11 heteroatoms. The fourth-order valence-electron chi connectivity index (χ4n) is 5.03. The molecule has 0 bridgehead atoms. The molecule has 0 aliphatic carbocycles. The number of methoxy groups -OCH3 is 2. The molecule has 0 aliphatic rings. The predicted octanol–water partition coefficient (Wildman–Crippen LogP) is 4.94. The predicted molar refractivity (Wildman–Crippen MR) is 172 cm³/mol. The molecular weight excluding hydrogens is 560 g/mol. The molecule has 5 rings (SSSR count). The summed E-state index contributed by atoms with van der Waals surface area (Å²) in [6.07, 6.45) is 0.471. The second kappa shape index (κ2) is 12.8. The number of rotatable bonds is 10. The van der Waals surface area contributed by atoms with E-state index >= 15 is 0 Å². The maximum Gasteiger partial charge on any atom is 0.253 e. The van der Waals surface area contributed by atoms with Crippen LogP contribution >= 0.6 is 0 Å². The lowest BCUT2D eigenvalue weighted by Crippen LogP contribution is -2.42. The van der Waals surface area contributed by atoms with Crippen LogP contribution in [0.2, 0.25) is 0 Å². The van der Waals surface area contributed by atoms with Crippen LogP contribution in [-0.4, -0.2) is 47.2 Å². The van der Waals surface area contributed by atoms with E-state index in [1.54, 1.807) is 32.2 Å². The molecule has 6 N–H and O–H groups in total. The fraction of sp³-hybridized carbons (Fsp3) is 0.212. The first-order valence-electron chi connectivity index (χ1n) is 14.1. The average Bonchev–Trinajstić information content (AvgIpc) is 3.03. The maximum atomic E-state index is 13.2. The molecule has 5 aromatic rings. The van der Waals surface area contributed by atoms with E-state index in [2.05, 4.69) is 20.9 Å². The van der Waals surface area contributed by atoms with Crippen LogP contribution in [0.3, 0.4) is 0 Å². The molecule has 2 heterocycles. The lowest BCUT2D eigenvalue weighted by molar-refractivity contribution is -0.117. The van der Waals surface area contributed by atoms with Crippen molar-refractivity contribution in [3.63, 3.8) is 0 Å². The van der Waals surface area contributed by atoms with E-state index in [1.165, 1.54) is 13.2 Å². The molecule has 0 spiro atoms. The SMILES string of the molecule is CCc1nc(OC)c(N)cc1C(=O)NC(C)C(=O)Nc1cc(CO)cc(Nc2c3ccccc3nc3c(OC)cccc23)c1. The van der Waals surface area contributed by atoms with Gasteiger partial charge in [0.1, 0.15) is 17.3 Å². The summed E-state index contributed by atoms with van der Waals surface area (Å²) in [5, 5.41) is 20.8. The molecule has 3 aromatic carbocycles. The number of nitrogens with zero attached hydrogens (tertiary/aromatic N) is 2. The van der Waals surface area contributed by atoms with E-state index in [0.717, 1.165) is 22.0 Å². The number of aryl methyl sites for hydroxylation is 1. The number of amides is 2. The van der Waals surface area contributed by atoms with E-state index in [1.807, 2.05) is 49.4 Å². The summed E-state index contributed by atoms with van der Waals surface area (Å²) in [4.78, 5) is 35.4. The Labute approximate surface area is 254 Å². The molecule has 44 heavy (non-hydrogen) atoms. The number of nitrogen functional groups attached to an aromatic ring is 1. The van der Waals surface area contributed by atoms with Crippen LogP contribution in [0.5, 0.6) is 11.6 Å². The first-order valence-corrected chi connectivity index (χ1v) is 14.1. The smallest absolute Gasteiger partial charge is 0.253 e. The zero-order valence-electron chi connectivity index (χ0n) is 24.9. The van der Waals surface area contributed by atoms with Crippen molar-refractivity contribution in [2.75, 3.05) is 30.6 Å². The van der Waals surface area contributed by atoms with Gasteiger partial charge in [0, 0.05) is 22.1 Å². The van der Waals surface area contributed by atoms with Crippen molar-refractivity contribution in [3.8, 4) is 11.6 Å². The molecule has 0 radical (unpaired) electrons. The minimum absolute atomic E-state index is 0.223. The number of aliphatic hydroxyl groups excluding tert-OH is 1. The van der Waals surface area contributed by atoms with Gasteiger partial charge in [-0.2, -0.15) is 0 Å². The summed E-state index contributed by atoms with van der Waals surface area (Å²) in [5.41, 5.74) is 10.9. The summed E-state index contributed by atoms with van der Waals surface area (Å²) in [7, 11) is 3.06. The second-order valence-corrected chi connectivity index (χ2v) is 10.2. The van der Waals surface area contributed by atoms with Crippen molar-refractivity contribution in [2.45, 2.75) is 32.9 Å². The van der Waals surface area contributed by atoms with Gasteiger partial charge < -0.3 is 36.3 Å². The molecular formula is C33H34N6O5. The number of hydrogen-bond donors (Lipinski definition) is 5. The van der Waals surface area contributed by atoms with Crippen LogP contribution in [-0.2, 0) is 17.8 Å². The van der Waals surface area contributed by atoms with Gasteiger partial charge in [-0.1, -0.05) is 37.3 Å². The van der Waals surface area contributed by atoms with Gasteiger partial charge in [0.2, 0.25) is 11.8 Å². The van der Waals surface area contributed by atoms with Crippen molar-refractivity contribution >= 4 is 56.4 Å². The number of carbonyl (C=O) groups is 2. The Morgan fingerprint density at radius 3 is 2.43 bits per heavy atom. The summed E-state index contributed by atoms with van der Waals surface area (Å²) in [5.74, 6) is -0.0473. The lowest BCUT2D eigenvalue weighted by atomic mass is 10.1. The third-order valence-electron chi connectivity index (χ3n) is 7.21. The Hall–Kier alpha value is -5.42. The number of para-hydroxylation sites is 2. The molecule has 2 amide bonds. The van der Waals surface area contributed by atoms with Crippen molar-refractivity contribution in [1.82, 2.24) is 15.3 Å². The third-order valence-corrected chi connectivity index (χ3v) is 7.21. The van der Waals surface area contributed by atoms with Gasteiger partial charge in [0.25, 0.3) is 5.91 Å². The second-order valence-electron chi connectivity index (χ2n) is 10.2. The topological polar surface area (TPSA) is 161 Å². The summed E-state index contributed by atoms with van der Waals surface area (Å²) in [6, 6.07) is 19.3. The minimum Gasteiger partial charge on any atom is -0.494 e.